The third-order valence-electron chi connectivity index (χ3n) is 4.38. The summed E-state index contributed by atoms with van der Waals surface area (Å²) in [5, 5.41) is 8.21. The minimum atomic E-state index is 0.0818. The summed E-state index contributed by atoms with van der Waals surface area (Å²) in [6.07, 6.45) is 6.09. The molecule has 1 aromatic heterocycles. The normalized spacial score (nSPS) is 22.8. The highest BCUT2D eigenvalue weighted by Crippen LogP contribution is 2.25. The summed E-state index contributed by atoms with van der Waals surface area (Å²) >= 11 is 0. The molecule has 0 radical (unpaired) electrons. The first-order chi connectivity index (χ1) is 10.3. The van der Waals surface area contributed by atoms with Gasteiger partial charge in [-0.3, -0.25) is 4.79 Å². The highest BCUT2D eigenvalue weighted by Gasteiger charge is 2.32. The average molecular weight is 292 g/mol. The smallest absolute Gasteiger partial charge is 0.318 e. The third kappa shape index (κ3) is 3.19. The largest absolute Gasteiger partial charge is 0.408 e. The van der Waals surface area contributed by atoms with Gasteiger partial charge in [-0.2, -0.15) is 0 Å². The summed E-state index contributed by atoms with van der Waals surface area (Å²) in [4.78, 5) is 16.6. The van der Waals surface area contributed by atoms with Crippen molar-refractivity contribution >= 4 is 11.9 Å². The standard InChI is InChI=1S/C15H24N4O2/c1-2-6-13-16-17-15(21-13)19-10-5-7-12(11-19)14(20)18-8-3-4-9-18/h12H,2-11H2,1H3/t12-/m0/s1. The molecule has 3 heterocycles. The van der Waals surface area contributed by atoms with Crippen LogP contribution in [-0.2, 0) is 11.2 Å². The Labute approximate surface area is 125 Å². The highest BCUT2D eigenvalue weighted by atomic mass is 16.4. The number of anilines is 1. The Bertz CT molecular complexity index is 482. The maximum absolute atomic E-state index is 12.5. The molecule has 0 bridgehead atoms. The Kier molecular flexibility index (Phi) is 4.41. The molecule has 0 aliphatic carbocycles. The Balaban J connectivity index is 1.63. The molecule has 2 aliphatic heterocycles. The molecule has 0 saturated carbocycles. The van der Waals surface area contributed by atoms with Crippen molar-refractivity contribution in [2.75, 3.05) is 31.1 Å². The van der Waals surface area contributed by atoms with Crippen molar-refractivity contribution < 1.29 is 9.21 Å². The van der Waals surface area contributed by atoms with Gasteiger partial charge in [0, 0.05) is 32.6 Å². The van der Waals surface area contributed by atoms with Crippen LogP contribution >= 0.6 is 0 Å². The van der Waals surface area contributed by atoms with E-state index in [1.807, 2.05) is 4.90 Å². The Morgan fingerprint density at radius 3 is 2.81 bits per heavy atom. The number of likely N-dealkylation sites (tertiary alicyclic amines) is 1. The van der Waals surface area contributed by atoms with E-state index < -0.39 is 0 Å². The lowest BCUT2D eigenvalue weighted by atomic mass is 9.97. The van der Waals surface area contributed by atoms with Crippen LogP contribution in [0.4, 0.5) is 6.01 Å². The second-order valence-electron chi connectivity index (χ2n) is 6.05. The summed E-state index contributed by atoms with van der Waals surface area (Å²) in [6.45, 7) is 5.56. The number of nitrogens with zero attached hydrogens (tertiary/aromatic N) is 4. The predicted molar refractivity (Wildman–Crippen MR) is 79.0 cm³/mol. The number of rotatable bonds is 4. The van der Waals surface area contributed by atoms with Gasteiger partial charge >= 0.3 is 6.01 Å². The zero-order chi connectivity index (χ0) is 14.7. The molecule has 2 saturated heterocycles. The molecule has 6 heteroatoms. The van der Waals surface area contributed by atoms with Gasteiger partial charge in [-0.15, -0.1) is 5.10 Å². The van der Waals surface area contributed by atoms with E-state index in [0.717, 1.165) is 58.2 Å². The van der Waals surface area contributed by atoms with Gasteiger partial charge in [0.05, 0.1) is 5.92 Å². The van der Waals surface area contributed by atoms with Gasteiger partial charge in [0.15, 0.2) is 0 Å². The van der Waals surface area contributed by atoms with Crippen LogP contribution in [-0.4, -0.2) is 47.2 Å². The Hall–Kier alpha value is -1.59. The molecule has 3 rings (SSSR count). The van der Waals surface area contributed by atoms with Gasteiger partial charge in [-0.1, -0.05) is 12.0 Å². The maximum atomic E-state index is 12.5. The van der Waals surface area contributed by atoms with Crippen LogP contribution in [0.5, 0.6) is 0 Å². The number of hydrogen-bond acceptors (Lipinski definition) is 5. The molecule has 0 N–H and O–H groups in total. The number of piperidine rings is 1. The number of aromatic nitrogens is 2. The van der Waals surface area contributed by atoms with Crippen LogP contribution in [0.1, 0.15) is 44.9 Å². The van der Waals surface area contributed by atoms with Gasteiger partial charge in [0.2, 0.25) is 11.8 Å². The number of amides is 1. The summed E-state index contributed by atoms with van der Waals surface area (Å²) in [7, 11) is 0. The molecular formula is C15H24N4O2. The number of carbonyl (C=O) groups excluding carboxylic acids is 1. The molecular weight excluding hydrogens is 268 g/mol. The fourth-order valence-electron chi connectivity index (χ4n) is 3.24. The Morgan fingerprint density at radius 2 is 2.05 bits per heavy atom. The number of aryl methyl sites for hydroxylation is 1. The summed E-state index contributed by atoms with van der Waals surface area (Å²) in [6, 6.07) is 0.581. The second-order valence-corrected chi connectivity index (χ2v) is 6.05. The van der Waals surface area contributed by atoms with Crippen LogP contribution in [0.15, 0.2) is 4.42 Å². The molecule has 0 spiro atoms. The lowest BCUT2D eigenvalue weighted by Gasteiger charge is -2.32. The molecule has 21 heavy (non-hydrogen) atoms. The van der Waals surface area contributed by atoms with Gasteiger partial charge in [-0.25, -0.2) is 0 Å². The quantitative estimate of drug-likeness (QED) is 0.847. The molecule has 0 unspecified atom stereocenters. The third-order valence-corrected chi connectivity index (χ3v) is 4.38. The summed E-state index contributed by atoms with van der Waals surface area (Å²) in [5.74, 6) is 1.09. The molecule has 6 nitrogen and oxygen atoms in total. The fourth-order valence-corrected chi connectivity index (χ4v) is 3.24. The Morgan fingerprint density at radius 1 is 1.24 bits per heavy atom. The van der Waals surface area contributed by atoms with Crippen LogP contribution < -0.4 is 4.90 Å². The molecule has 116 valence electrons. The van der Waals surface area contributed by atoms with Crippen molar-refractivity contribution in [3.05, 3.63) is 5.89 Å². The van der Waals surface area contributed by atoms with E-state index in [1.165, 1.54) is 0 Å². The highest BCUT2D eigenvalue weighted by molar-refractivity contribution is 5.79. The van der Waals surface area contributed by atoms with Crippen molar-refractivity contribution in [3.63, 3.8) is 0 Å². The van der Waals surface area contributed by atoms with Crippen molar-refractivity contribution in [2.45, 2.75) is 45.4 Å². The van der Waals surface area contributed by atoms with Crippen LogP contribution in [0, 0.1) is 5.92 Å². The monoisotopic (exact) mass is 292 g/mol. The summed E-state index contributed by atoms with van der Waals surface area (Å²) in [5.41, 5.74) is 0. The first-order valence-corrected chi connectivity index (χ1v) is 8.14. The second kappa shape index (κ2) is 6.45. The van der Waals surface area contributed by atoms with E-state index in [9.17, 15) is 4.79 Å². The predicted octanol–water partition coefficient (Wildman–Crippen LogP) is 1.86. The minimum Gasteiger partial charge on any atom is -0.408 e. The van der Waals surface area contributed by atoms with Crippen LogP contribution in [0.2, 0.25) is 0 Å². The molecule has 0 aromatic carbocycles. The number of hydrogen-bond donors (Lipinski definition) is 0. The van der Waals surface area contributed by atoms with Gasteiger partial charge < -0.3 is 14.2 Å². The van der Waals surface area contributed by atoms with Crippen molar-refractivity contribution in [2.24, 2.45) is 5.92 Å². The molecule has 2 fully saturated rings. The lowest BCUT2D eigenvalue weighted by Crippen LogP contribution is -2.44. The van der Waals surface area contributed by atoms with E-state index in [4.69, 9.17) is 4.42 Å². The van der Waals surface area contributed by atoms with Crippen molar-refractivity contribution in [3.8, 4) is 0 Å². The molecule has 1 aromatic rings. The van der Waals surface area contributed by atoms with E-state index in [1.54, 1.807) is 0 Å². The summed E-state index contributed by atoms with van der Waals surface area (Å²) < 4.78 is 5.70. The first-order valence-electron chi connectivity index (χ1n) is 8.14. The van der Waals surface area contributed by atoms with E-state index in [-0.39, 0.29) is 5.92 Å². The lowest BCUT2D eigenvalue weighted by molar-refractivity contribution is -0.134. The van der Waals surface area contributed by atoms with Gasteiger partial charge in [0.1, 0.15) is 0 Å². The molecule has 1 amide bonds. The minimum absolute atomic E-state index is 0.0818. The first kappa shape index (κ1) is 14.4. The molecule has 2 aliphatic rings. The maximum Gasteiger partial charge on any atom is 0.318 e. The zero-order valence-corrected chi connectivity index (χ0v) is 12.8. The zero-order valence-electron chi connectivity index (χ0n) is 12.8. The average Bonchev–Trinajstić information content (AvgIpc) is 3.18. The SMILES string of the molecule is CCCc1nnc(N2CCC[C@H](C(=O)N3CCCC3)C2)o1. The van der Waals surface area contributed by atoms with Gasteiger partial charge in [0.25, 0.3) is 0 Å². The van der Waals surface area contributed by atoms with E-state index in [2.05, 4.69) is 22.0 Å². The van der Waals surface area contributed by atoms with E-state index >= 15 is 0 Å². The van der Waals surface area contributed by atoms with Crippen LogP contribution in [0.25, 0.3) is 0 Å². The van der Waals surface area contributed by atoms with E-state index in [0.29, 0.717) is 24.4 Å². The number of carbonyl (C=O) groups is 1. The topological polar surface area (TPSA) is 62.5 Å². The van der Waals surface area contributed by atoms with Gasteiger partial charge in [-0.05, 0) is 32.1 Å². The molecule has 1 atom stereocenters. The van der Waals surface area contributed by atoms with Crippen molar-refractivity contribution in [1.29, 1.82) is 0 Å². The van der Waals surface area contributed by atoms with Crippen molar-refractivity contribution in [1.82, 2.24) is 15.1 Å². The van der Waals surface area contributed by atoms with Crippen LogP contribution in [0.3, 0.4) is 0 Å². The fraction of sp³-hybridized carbons (Fsp3) is 0.800.